The largest absolute Gasteiger partial charge is 0.366 e. The highest BCUT2D eigenvalue weighted by atomic mass is 15.0. The van der Waals surface area contributed by atoms with Crippen LogP contribution >= 0.6 is 0 Å². The number of nitrogens with one attached hydrogen (secondary N) is 1. The van der Waals surface area contributed by atoms with Crippen LogP contribution in [0.1, 0.15) is 12.5 Å². The van der Waals surface area contributed by atoms with Gasteiger partial charge in [0.15, 0.2) is 0 Å². The first-order valence-corrected chi connectivity index (χ1v) is 5.53. The molecule has 1 unspecified atom stereocenters. The quantitative estimate of drug-likeness (QED) is 0.826. The van der Waals surface area contributed by atoms with E-state index in [4.69, 9.17) is 5.73 Å². The normalized spacial score (nSPS) is 12.7. The van der Waals surface area contributed by atoms with Crippen LogP contribution in [0, 0.1) is 6.92 Å². The second kappa shape index (κ2) is 4.49. The second-order valence-corrected chi connectivity index (χ2v) is 4.12. The Morgan fingerprint density at radius 2 is 2.12 bits per heavy atom. The van der Waals surface area contributed by atoms with Gasteiger partial charge in [-0.25, -0.2) is 4.98 Å². The Morgan fingerprint density at radius 3 is 2.88 bits per heavy atom. The van der Waals surface area contributed by atoms with Crippen molar-refractivity contribution in [3.8, 4) is 0 Å². The van der Waals surface area contributed by atoms with Crippen molar-refractivity contribution in [2.24, 2.45) is 5.73 Å². The predicted molar refractivity (Wildman–Crippen MR) is 68.6 cm³/mol. The van der Waals surface area contributed by atoms with Crippen LogP contribution in [0.2, 0.25) is 0 Å². The minimum absolute atomic E-state index is 0.244. The van der Waals surface area contributed by atoms with Crippen LogP contribution in [0.5, 0.6) is 0 Å². The summed E-state index contributed by atoms with van der Waals surface area (Å²) < 4.78 is 0. The molecule has 0 aliphatic rings. The summed E-state index contributed by atoms with van der Waals surface area (Å²) in [5.41, 5.74) is 7.82. The van der Waals surface area contributed by atoms with Crippen molar-refractivity contribution in [3.05, 3.63) is 35.9 Å². The van der Waals surface area contributed by atoms with Gasteiger partial charge in [0, 0.05) is 18.0 Å². The molecule has 0 amide bonds. The van der Waals surface area contributed by atoms with Gasteiger partial charge in [-0.15, -0.1) is 0 Å². The molecule has 0 aliphatic heterocycles. The van der Waals surface area contributed by atoms with Crippen LogP contribution in [-0.4, -0.2) is 17.6 Å². The molecule has 84 valence electrons. The summed E-state index contributed by atoms with van der Waals surface area (Å²) in [5.74, 6) is 0.889. The highest BCUT2D eigenvalue weighted by Crippen LogP contribution is 2.18. The Morgan fingerprint density at radius 1 is 1.31 bits per heavy atom. The van der Waals surface area contributed by atoms with E-state index in [1.807, 2.05) is 13.0 Å². The molecule has 0 bridgehead atoms. The fourth-order valence-corrected chi connectivity index (χ4v) is 1.69. The average Bonchev–Trinajstić information content (AvgIpc) is 2.30. The van der Waals surface area contributed by atoms with E-state index >= 15 is 0 Å². The number of fused-ring (bicyclic) bond motifs is 1. The van der Waals surface area contributed by atoms with E-state index in [-0.39, 0.29) is 6.04 Å². The summed E-state index contributed by atoms with van der Waals surface area (Å²) >= 11 is 0. The van der Waals surface area contributed by atoms with Crippen molar-refractivity contribution in [2.45, 2.75) is 19.9 Å². The number of rotatable bonds is 3. The molecular weight excluding hydrogens is 198 g/mol. The lowest BCUT2D eigenvalue weighted by Gasteiger charge is -2.12. The minimum Gasteiger partial charge on any atom is -0.366 e. The number of aryl methyl sites for hydroxylation is 1. The molecule has 2 aromatic rings. The molecule has 3 nitrogen and oxygen atoms in total. The van der Waals surface area contributed by atoms with Crippen molar-refractivity contribution in [2.75, 3.05) is 11.9 Å². The zero-order valence-corrected chi connectivity index (χ0v) is 9.70. The van der Waals surface area contributed by atoms with E-state index in [9.17, 15) is 0 Å². The van der Waals surface area contributed by atoms with Crippen LogP contribution in [-0.2, 0) is 0 Å². The van der Waals surface area contributed by atoms with Gasteiger partial charge in [0.25, 0.3) is 0 Å². The van der Waals surface area contributed by atoms with Gasteiger partial charge < -0.3 is 11.1 Å². The molecule has 3 heteroatoms. The molecule has 3 N–H and O–H groups in total. The maximum Gasteiger partial charge on any atom is 0.126 e. The third-order valence-electron chi connectivity index (χ3n) is 2.67. The van der Waals surface area contributed by atoms with Crippen molar-refractivity contribution in [3.63, 3.8) is 0 Å². The lowest BCUT2D eigenvalue weighted by molar-refractivity contribution is 0.799. The SMILES string of the molecule is Cc1cccc2ccc(NC(C)CN)nc12. The van der Waals surface area contributed by atoms with Gasteiger partial charge in [0.1, 0.15) is 5.82 Å². The van der Waals surface area contributed by atoms with Gasteiger partial charge in [-0.3, -0.25) is 0 Å². The molecule has 2 rings (SSSR count). The molecular formula is C13H17N3. The molecule has 0 aliphatic carbocycles. The monoisotopic (exact) mass is 215 g/mol. The van der Waals surface area contributed by atoms with Crippen molar-refractivity contribution in [1.82, 2.24) is 4.98 Å². The average molecular weight is 215 g/mol. The molecule has 0 saturated carbocycles. The fraction of sp³-hybridized carbons (Fsp3) is 0.308. The van der Waals surface area contributed by atoms with Crippen LogP contribution < -0.4 is 11.1 Å². The molecule has 16 heavy (non-hydrogen) atoms. The third-order valence-corrected chi connectivity index (χ3v) is 2.67. The molecule has 0 saturated heterocycles. The summed E-state index contributed by atoms with van der Waals surface area (Å²) in [5, 5.41) is 4.45. The first-order chi connectivity index (χ1) is 7.70. The van der Waals surface area contributed by atoms with Gasteiger partial charge in [-0.2, -0.15) is 0 Å². The van der Waals surface area contributed by atoms with E-state index in [0.29, 0.717) is 6.54 Å². The Bertz CT molecular complexity index is 494. The zero-order chi connectivity index (χ0) is 11.5. The highest BCUT2D eigenvalue weighted by molar-refractivity contribution is 5.83. The zero-order valence-electron chi connectivity index (χ0n) is 9.70. The summed E-state index contributed by atoms with van der Waals surface area (Å²) in [6.45, 7) is 4.72. The highest BCUT2D eigenvalue weighted by Gasteiger charge is 2.03. The van der Waals surface area contributed by atoms with Gasteiger partial charge in [0.05, 0.1) is 5.52 Å². The number of benzene rings is 1. The number of nitrogens with zero attached hydrogens (tertiary/aromatic N) is 1. The molecule has 0 radical (unpaired) electrons. The number of hydrogen-bond donors (Lipinski definition) is 2. The predicted octanol–water partition coefficient (Wildman–Crippen LogP) is 2.30. The molecule has 1 atom stereocenters. The van der Waals surface area contributed by atoms with Gasteiger partial charge >= 0.3 is 0 Å². The number of para-hydroxylation sites is 1. The maximum absolute atomic E-state index is 5.57. The fourth-order valence-electron chi connectivity index (χ4n) is 1.69. The smallest absolute Gasteiger partial charge is 0.126 e. The summed E-state index contributed by atoms with van der Waals surface area (Å²) in [4.78, 5) is 4.60. The van der Waals surface area contributed by atoms with Crippen LogP contribution in [0.4, 0.5) is 5.82 Å². The van der Waals surface area contributed by atoms with Crippen LogP contribution in [0.15, 0.2) is 30.3 Å². The second-order valence-electron chi connectivity index (χ2n) is 4.12. The van der Waals surface area contributed by atoms with Crippen molar-refractivity contribution >= 4 is 16.7 Å². The number of anilines is 1. The molecule has 1 aromatic heterocycles. The van der Waals surface area contributed by atoms with Gasteiger partial charge in [0.2, 0.25) is 0 Å². The Kier molecular flexibility index (Phi) is 3.06. The van der Waals surface area contributed by atoms with E-state index in [1.54, 1.807) is 0 Å². The van der Waals surface area contributed by atoms with E-state index < -0.39 is 0 Å². The van der Waals surface area contributed by atoms with Crippen molar-refractivity contribution < 1.29 is 0 Å². The van der Waals surface area contributed by atoms with Gasteiger partial charge in [-0.05, 0) is 31.5 Å². The summed E-state index contributed by atoms with van der Waals surface area (Å²) in [7, 11) is 0. The Hall–Kier alpha value is -1.61. The molecule has 0 fully saturated rings. The lowest BCUT2D eigenvalue weighted by Crippen LogP contribution is -2.25. The topological polar surface area (TPSA) is 50.9 Å². The summed E-state index contributed by atoms with van der Waals surface area (Å²) in [6, 6.07) is 10.5. The third kappa shape index (κ3) is 2.14. The van der Waals surface area contributed by atoms with Crippen LogP contribution in [0.3, 0.4) is 0 Å². The van der Waals surface area contributed by atoms with E-state index in [2.05, 4.69) is 41.5 Å². The number of pyridine rings is 1. The maximum atomic E-state index is 5.57. The Balaban J connectivity index is 2.39. The lowest BCUT2D eigenvalue weighted by atomic mass is 10.1. The van der Waals surface area contributed by atoms with E-state index in [0.717, 1.165) is 11.3 Å². The van der Waals surface area contributed by atoms with Crippen LogP contribution in [0.25, 0.3) is 10.9 Å². The number of aromatic nitrogens is 1. The summed E-state index contributed by atoms with van der Waals surface area (Å²) in [6.07, 6.45) is 0. The number of nitrogens with two attached hydrogens (primary N) is 1. The Labute approximate surface area is 95.7 Å². The van der Waals surface area contributed by atoms with Crippen molar-refractivity contribution in [1.29, 1.82) is 0 Å². The molecule has 0 spiro atoms. The van der Waals surface area contributed by atoms with Gasteiger partial charge in [-0.1, -0.05) is 18.2 Å². The number of hydrogen-bond acceptors (Lipinski definition) is 3. The first kappa shape index (κ1) is 10.9. The first-order valence-electron chi connectivity index (χ1n) is 5.53. The molecule has 1 aromatic carbocycles. The standard InChI is InChI=1S/C13H17N3/c1-9-4-3-5-11-6-7-12(16-13(9)11)15-10(2)8-14/h3-7,10H,8,14H2,1-2H3,(H,15,16). The molecule has 1 heterocycles. The minimum atomic E-state index is 0.244. The van der Waals surface area contributed by atoms with E-state index in [1.165, 1.54) is 10.9 Å².